The highest BCUT2D eigenvalue weighted by Crippen LogP contribution is 1.97. The van der Waals surface area contributed by atoms with Gasteiger partial charge in [0.2, 0.25) is 16.7 Å². The molecule has 0 unspecified atom stereocenters. The van der Waals surface area contributed by atoms with E-state index in [4.69, 9.17) is 0 Å². The molecule has 0 fully saturated rings. The van der Waals surface area contributed by atoms with Crippen LogP contribution in [-0.2, 0) is 11.8 Å². The van der Waals surface area contributed by atoms with Gasteiger partial charge in [0.1, 0.15) is 0 Å². The Morgan fingerprint density at radius 2 is 1.75 bits per heavy atom. The summed E-state index contributed by atoms with van der Waals surface area (Å²) >= 11 is 1.77. The van der Waals surface area contributed by atoms with Gasteiger partial charge in [-0.05, 0) is 12.1 Å². The first kappa shape index (κ1) is 5.70. The van der Waals surface area contributed by atoms with E-state index in [1.807, 2.05) is 18.2 Å². The summed E-state index contributed by atoms with van der Waals surface area (Å²) in [5, 5.41) is 0. The van der Waals surface area contributed by atoms with Crippen molar-refractivity contribution in [3.8, 4) is 0 Å². The molecule has 0 N–H and O–H groups in total. The Balaban J connectivity index is 2.83. The zero-order valence-electron chi connectivity index (χ0n) is 4.79. The number of benzene rings is 1. The fourth-order valence-corrected chi connectivity index (χ4v) is 0.986. The van der Waals surface area contributed by atoms with Gasteiger partial charge in [-0.3, -0.25) is 0 Å². The SMILES string of the molecule is C[S+]c1ccccc1. The van der Waals surface area contributed by atoms with Crippen LogP contribution in [0.1, 0.15) is 0 Å². The first-order chi connectivity index (χ1) is 3.93. The van der Waals surface area contributed by atoms with E-state index in [1.165, 1.54) is 4.90 Å². The zero-order chi connectivity index (χ0) is 5.82. The molecule has 0 saturated heterocycles. The van der Waals surface area contributed by atoms with Crippen LogP contribution in [0.15, 0.2) is 35.2 Å². The molecule has 0 aliphatic rings. The third kappa shape index (κ3) is 1.27. The molecule has 0 spiro atoms. The van der Waals surface area contributed by atoms with Gasteiger partial charge < -0.3 is 0 Å². The lowest BCUT2D eigenvalue weighted by molar-refractivity contribution is 1.47. The summed E-state index contributed by atoms with van der Waals surface area (Å²) in [7, 11) is 0. The predicted molar refractivity (Wildman–Crippen MR) is 38.0 cm³/mol. The highest BCUT2D eigenvalue weighted by Gasteiger charge is 1.97. The lowest BCUT2D eigenvalue weighted by Gasteiger charge is -1.76. The highest BCUT2D eigenvalue weighted by molar-refractivity contribution is 7.77. The second-order valence-electron chi connectivity index (χ2n) is 1.52. The lowest BCUT2D eigenvalue weighted by atomic mass is 10.4. The maximum atomic E-state index is 2.10. The number of hydrogen-bond acceptors (Lipinski definition) is 1. The van der Waals surface area contributed by atoms with Crippen LogP contribution < -0.4 is 0 Å². The molecule has 1 rings (SSSR count). The molecule has 0 heterocycles. The van der Waals surface area contributed by atoms with E-state index in [0.29, 0.717) is 0 Å². The second kappa shape index (κ2) is 2.78. The molecule has 0 aliphatic carbocycles. The van der Waals surface area contributed by atoms with Gasteiger partial charge in [0, 0.05) is 0 Å². The summed E-state index contributed by atoms with van der Waals surface area (Å²) in [4.78, 5) is 1.33. The van der Waals surface area contributed by atoms with Crippen molar-refractivity contribution in [3.05, 3.63) is 30.3 Å². The Bertz CT molecular complexity index is 146. The Hall–Kier alpha value is -0.430. The summed E-state index contributed by atoms with van der Waals surface area (Å²) in [5.41, 5.74) is 0. The number of rotatable bonds is 1. The van der Waals surface area contributed by atoms with E-state index in [9.17, 15) is 0 Å². The molecule has 1 aromatic carbocycles. The summed E-state index contributed by atoms with van der Waals surface area (Å²) < 4.78 is 0. The van der Waals surface area contributed by atoms with Crippen LogP contribution in [0.3, 0.4) is 0 Å². The Morgan fingerprint density at radius 3 is 2.12 bits per heavy atom. The van der Waals surface area contributed by atoms with Crippen LogP contribution in [0, 0.1) is 0 Å². The highest BCUT2D eigenvalue weighted by atomic mass is 32.2. The van der Waals surface area contributed by atoms with Gasteiger partial charge >= 0.3 is 0 Å². The van der Waals surface area contributed by atoms with E-state index in [-0.39, 0.29) is 0 Å². The quantitative estimate of drug-likeness (QED) is 0.406. The Kier molecular flexibility index (Phi) is 1.98. The van der Waals surface area contributed by atoms with Gasteiger partial charge in [0.05, 0.1) is 0 Å². The molecule has 41 valence electrons. The van der Waals surface area contributed by atoms with Crippen LogP contribution in [0.4, 0.5) is 0 Å². The van der Waals surface area contributed by atoms with Gasteiger partial charge in [-0.1, -0.05) is 18.2 Å². The van der Waals surface area contributed by atoms with Crippen molar-refractivity contribution in [3.63, 3.8) is 0 Å². The van der Waals surface area contributed by atoms with Crippen LogP contribution >= 0.6 is 0 Å². The third-order valence-corrected chi connectivity index (χ3v) is 1.72. The van der Waals surface area contributed by atoms with Crippen LogP contribution in [0.25, 0.3) is 0 Å². The molecule has 0 amide bonds. The minimum atomic E-state index is 1.33. The monoisotopic (exact) mass is 124 g/mol. The predicted octanol–water partition coefficient (Wildman–Crippen LogP) is 1.76. The van der Waals surface area contributed by atoms with E-state index in [1.54, 1.807) is 11.8 Å². The number of thioether (sulfide) groups is 1. The van der Waals surface area contributed by atoms with Crippen molar-refractivity contribution in [1.82, 2.24) is 0 Å². The molecule has 8 heavy (non-hydrogen) atoms. The summed E-state index contributed by atoms with van der Waals surface area (Å²) in [5.74, 6) is 0. The van der Waals surface area contributed by atoms with Gasteiger partial charge in [-0.2, -0.15) is 0 Å². The van der Waals surface area contributed by atoms with Crippen molar-refractivity contribution in [1.29, 1.82) is 0 Å². The fraction of sp³-hybridized carbons (Fsp3) is 0.143. The molecule has 0 aromatic heterocycles. The molecule has 0 bridgehead atoms. The van der Waals surface area contributed by atoms with Crippen molar-refractivity contribution >= 4 is 11.8 Å². The normalized spacial score (nSPS) is 9.12. The van der Waals surface area contributed by atoms with E-state index >= 15 is 0 Å². The Morgan fingerprint density at radius 1 is 1.12 bits per heavy atom. The molecule has 1 radical (unpaired) electrons. The van der Waals surface area contributed by atoms with Crippen LogP contribution in [0.2, 0.25) is 0 Å². The van der Waals surface area contributed by atoms with E-state index in [0.717, 1.165) is 0 Å². The topological polar surface area (TPSA) is 0 Å². The molecule has 0 saturated carbocycles. The van der Waals surface area contributed by atoms with E-state index in [2.05, 4.69) is 18.4 Å². The molecule has 0 nitrogen and oxygen atoms in total. The van der Waals surface area contributed by atoms with Crippen LogP contribution in [0.5, 0.6) is 0 Å². The average molecular weight is 124 g/mol. The largest absolute Gasteiger partial charge is 0.237 e. The summed E-state index contributed by atoms with van der Waals surface area (Å²) in [6, 6.07) is 10.3. The van der Waals surface area contributed by atoms with Crippen molar-refractivity contribution < 1.29 is 0 Å². The van der Waals surface area contributed by atoms with Crippen LogP contribution in [-0.4, -0.2) is 6.26 Å². The van der Waals surface area contributed by atoms with Crippen molar-refractivity contribution in [2.75, 3.05) is 6.26 Å². The molecule has 0 atom stereocenters. The summed E-state index contributed by atoms with van der Waals surface area (Å²) in [6.45, 7) is 0. The third-order valence-electron chi connectivity index (χ3n) is 0.979. The van der Waals surface area contributed by atoms with Crippen molar-refractivity contribution in [2.24, 2.45) is 0 Å². The molecule has 1 heteroatoms. The summed E-state index contributed by atoms with van der Waals surface area (Å²) in [6.07, 6.45) is 2.08. The molecular weight excluding hydrogens is 116 g/mol. The maximum absolute atomic E-state index is 2.10. The fourth-order valence-electron chi connectivity index (χ4n) is 0.557. The second-order valence-corrected chi connectivity index (χ2v) is 2.40. The van der Waals surface area contributed by atoms with Gasteiger partial charge in [-0.25, -0.2) is 0 Å². The van der Waals surface area contributed by atoms with Gasteiger partial charge in [0.25, 0.3) is 0 Å². The van der Waals surface area contributed by atoms with E-state index < -0.39 is 0 Å². The standard InChI is InChI=1S/C7H8S/c1-8-7-5-3-2-4-6-7/h2-6H,1H3/q+1. The first-order valence-corrected chi connectivity index (χ1v) is 3.75. The average Bonchev–Trinajstić information content (AvgIpc) is 1.90. The molecule has 1 aromatic rings. The minimum absolute atomic E-state index is 1.33. The van der Waals surface area contributed by atoms with Gasteiger partial charge in [-0.15, -0.1) is 0 Å². The smallest absolute Gasteiger partial charge is 0.0619 e. The zero-order valence-corrected chi connectivity index (χ0v) is 5.61. The maximum Gasteiger partial charge on any atom is 0.237 e. The Labute approximate surface area is 53.9 Å². The number of hydrogen-bond donors (Lipinski definition) is 0. The minimum Gasteiger partial charge on any atom is -0.0619 e. The molecular formula is C7H8S+. The lowest BCUT2D eigenvalue weighted by Crippen LogP contribution is -1.73. The van der Waals surface area contributed by atoms with Gasteiger partial charge in [0.15, 0.2) is 6.26 Å². The van der Waals surface area contributed by atoms with Crippen molar-refractivity contribution in [2.45, 2.75) is 4.90 Å². The molecule has 0 aliphatic heterocycles. The first-order valence-electron chi connectivity index (χ1n) is 2.52.